The van der Waals surface area contributed by atoms with Crippen molar-refractivity contribution in [3.8, 4) is 5.82 Å². The van der Waals surface area contributed by atoms with Crippen LogP contribution in [-0.2, 0) is 0 Å². The minimum Gasteiger partial charge on any atom is -0.230 e. The molecule has 0 amide bonds. The van der Waals surface area contributed by atoms with E-state index >= 15 is 0 Å². The first-order valence-electron chi connectivity index (χ1n) is 4.18. The van der Waals surface area contributed by atoms with Gasteiger partial charge in [0.15, 0.2) is 5.82 Å². The van der Waals surface area contributed by atoms with Crippen LogP contribution >= 0.6 is 11.8 Å². The number of hydrogen-bond acceptors (Lipinski definition) is 4. The topological polar surface area (TPSA) is 43.6 Å². The zero-order valence-corrected chi connectivity index (χ0v) is 8.82. The van der Waals surface area contributed by atoms with Crippen LogP contribution in [0.5, 0.6) is 0 Å². The molecule has 0 atom stereocenters. The van der Waals surface area contributed by atoms with Crippen LogP contribution in [0.15, 0.2) is 29.7 Å². The average molecular weight is 206 g/mol. The maximum Gasteiger partial charge on any atom is 0.157 e. The van der Waals surface area contributed by atoms with Gasteiger partial charge in [-0.25, -0.2) is 14.6 Å². The molecule has 4 nitrogen and oxygen atoms in total. The van der Waals surface area contributed by atoms with Crippen molar-refractivity contribution in [3.63, 3.8) is 0 Å². The summed E-state index contributed by atoms with van der Waals surface area (Å²) in [5, 5.41) is 5.22. The molecule has 5 heteroatoms. The lowest BCUT2D eigenvalue weighted by molar-refractivity contribution is 0.815. The van der Waals surface area contributed by atoms with E-state index in [1.807, 2.05) is 31.5 Å². The SMILES string of the molecule is CSc1cc(-n2ccc(C)n2)ncn1. The van der Waals surface area contributed by atoms with Gasteiger partial charge in [-0.3, -0.25) is 0 Å². The summed E-state index contributed by atoms with van der Waals surface area (Å²) in [4.78, 5) is 8.25. The number of aryl methyl sites for hydroxylation is 1. The highest BCUT2D eigenvalue weighted by Crippen LogP contribution is 2.12. The van der Waals surface area contributed by atoms with E-state index in [4.69, 9.17) is 0 Å². The van der Waals surface area contributed by atoms with Crippen LogP contribution in [0.3, 0.4) is 0 Å². The molecule has 14 heavy (non-hydrogen) atoms. The first-order valence-corrected chi connectivity index (χ1v) is 5.41. The Kier molecular flexibility index (Phi) is 2.49. The van der Waals surface area contributed by atoms with Gasteiger partial charge >= 0.3 is 0 Å². The molecule has 2 rings (SSSR count). The van der Waals surface area contributed by atoms with Crippen molar-refractivity contribution in [2.24, 2.45) is 0 Å². The van der Waals surface area contributed by atoms with Gasteiger partial charge < -0.3 is 0 Å². The zero-order valence-electron chi connectivity index (χ0n) is 8.01. The minimum atomic E-state index is 0.803. The Bertz CT molecular complexity index is 438. The van der Waals surface area contributed by atoms with Gasteiger partial charge in [-0.2, -0.15) is 5.10 Å². The summed E-state index contributed by atoms with van der Waals surface area (Å²) in [6.45, 7) is 1.95. The molecule has 0 N–H and O–H groups in total. The van der Waals surface area contributed by atoms with Gasteiger partial charge in [0.25, 0.3) is 0 Å². The number of thioether (sulfide) groups is 1. The van der Waals surface area contributed by atoms with Gasteiger partial charge in [-0.15, -0.1) is 11.8 Å². The van der Waals surface area contributed by atoms with Crippen molar-refractivity contribution in [3.05, 3.63) is 30.4 Å². The molecule has 2 heterocycles. The molecule has 0 saturated carbocycles. The third-order valence-corrected chi connectivity index (χ3v) is 2.44. The van der Waals surface area contributed by atoms with Crippen molar-refractivity contribution < 1.29 is 0 Å². The summed E-state index contributed by atoms with van der Waals surface area (Å²) in [7, 11) is 0. The molecular formula is C9H10N4S. The van der Waals surface area contributed by atoms with Crippen molar-refractivity contribution in [2.75, 3.05) is 6.26 Å². The second-order valence-electron chi connectivity index (χ2n) is 2.82. The Hall–Kier alpha value is -1.36. The quantitative estimate of drug-likeness (QED) is 0.554. The van der Waals surface area contributed by atoms with Crippen molar-refractivity contribution in [1.29, 1.82) is 0 Å². The predicted molar refractivity (Wildman–Crippen MR) is 55.7 cm³/mol. The first-order chi connectivity index (χ1) is 6.79. The number of hydrogen-bond donors (Lipinski definition) is 0. The van der Waals surface area contributed by atoms with E-state index in [1.165, 1.54) is 0 Å². The second-order valence-corrected chi connectivity index (χ2v) is 3.65. The second kappa shape index (κ2) is 3.79. The fraction of sp³-hybridized carbons (Fsp3) is 0.222. The minimum absolute atomic E-state index is 0.803. The molecule has 2 aromatic rings. The lowest BCUT2D eigenvalue weighted by atomic mass is 10.5. The Morgan fingerprint density at radius 1 is 1.36 bits per heavy atom. The highest BCUT2D eigenvalue weighted by Gasteiger charge is 2.00. The summed E-state index contributed by atoms with van der Waals surface area (Å²) in [5.41, 5.74) is 0.981. The molecular weight excluding hydrogens is 196 g/mol. The molecule has 0 radical (unpaired) electrons. The zero-order chi connectivity index (χ0) is 9.97. The molecule has 0 saturated heterocycles. The van der Waals surface area contributed by atoms with E-state index in [2.05, 4.69) is 15.1 Å². The average Bonchev–Trinajstić information content (AvgIpc) is 2.65. The number of nitrogens with zero attached hydrogens (tertiary/aromatic N) is 4. The molecule has 0 bridgehead atoms. The standard InChI is InChI=1S/C9H10N4S/c1-7-3-4-13(12-7)8-5-9(14-2)11-6-10-8/h3-6H,1-2H3. The predicted octanol–water partition coefficient (Wildman–Crippen LogP) is 1.69. The monoisotopic (exact) mass is 206 g/mol. The molecule has 72 valence electrons. The van der Waals surface area contributed by atoms with Crippen molar-refractivity contribution >= 4 is 11.8 Å². The highest BCUT2D eigenvalue weighted by molar-refractivity contribution is 7.98. The maximum atomic E-state index is 4.27. The smallest absolute Gasteiger partial charge is 0.157 e. The molecule has 0 fully saturated rings. The summed E-state index contributed by atoms with van der Waals surface area (Å²) < 4.78 is 1.75. The summed E-state index contributed by atoms with van der Waals surface area (Å²) >= 11 is 1.59. The van der Waals surface area contributed by atoms with Crippen LogP contribution in [0, 0.1) is 6.92 Å². The van der Waals surface area contributed by atoms with Crippen molar-refractivity contribution in [2.45, 2.75) is 11.9 Å². The van der Waals surface area contributed by atoms with Gasteiger partial charge in [0.1, 0.15) is 11.4 Å². The fourth-order valence-corrected chi connectivity index (χ4v) is 1.49. The Balaban J connectivity index is 2.41. The van der Waals surface area contributed by atoms with Gasteiger partial charge in [-0.05, 0) is 19.2 Å². The van der Waals surface area contributed by atoms with E-state index in [-0.39, 0.29) is 0 Å². The van der Waals surface area contributed by atoms with E-state index in [9.17, 15) is 0 Å². The first kappa shape index (κ1) is 9.21. The van der Waals surface area contributed by atoms with Crippen LogP contribution < -0.4 is 0 Å². The van der Waals surface area contributed by atoms with Gasteiger partial charge in [0.05, 0.1) is 5.69 Å². The normalized spacial score (nSPS) is 10.4. The maximum absolute atomic E-state index is 4.27. The molecule has 0 unspecified atom stereocenters. The Morgan fingerprint density at radius 3 is 2.86 bits per heavy atom. The lowest BCUT2D eigenvalue weighted by Crippen LogP contribution is -1.99. The highest BCUT2D eigenvalue weighted by atomic mass is 32.2. The molecule has 0 aliphatic carbocycles. The molecule has 0 aromatic carbocycles. The van der Waals surface area contributed by atoms with Crippen LogP contribution in [0.2, 0.25) is 0 Å². The van der Waals surface area contributed by atoms with Crippen LogP contribution in [0.25, 0.3) is 5.82 Å². The fourth-order valence-electron chi connectivity index (χ4n) is 1.11. The lowest BCUT2D eigenvalue weighted by Gasteiger charge is -2.00. The molecule has 0 aliphatic rings. The van der Waals surface area contributed by atoms with E-state index in [0.29, 0.717) is 0 Å². The van der Waals surface area contributed by atoms with E-state index in [0.717, 1.165) is 16.5 Å². The van der Waals surface area contributed by atoms with Gasteiger partial charge in [-0.1, -0.05) is 0 Å². The van der Waals surface area contributed by atoms with Gasteiger partial charge in [0, 0.05) is 12.3 Å². The number of aromatic nitrogens is 4. The molecule has 2 aromatic heterocycles. The van der Waals surface area contributed by atoms with E-state index < -0.39 is 0 Å². The van der Waals surface area contributed by atoms with Crippen LogP contribution in [-0.4, -0.2) is 26.0 Å². The van der Waals surface area contributed by atoms with E-state index in [1.54, 1.807) is 22.8 Å². The molecule has 0 aliphatic heterocycles. The summed E-state index contributed by atoms with van der Waals surface area (Å²) in [6.07, 6.45) is 5.43. The Labute approximate surface area is 86.4 Å². The third kappa shape index (κ3) is 1.77. The Morgan fingerprint density at radius 2 is 2.21 bits per heavy atom. The molecule has 0 spiro atoms. The number of rotatable bonds is 2. The summed E-state index contributed by atoms with van der Waals surface area (Å²) in [6, 6.07) is 3.86. The largest absolute Gasteiger partial charge is 0.230 e. The van der Waals surface area contributed by atoms with Crippen LogP contribution in [0.4, 0.5) is 0 Å². The van der Waals surface area contributed by atoms with Gasteiger partial charge in [0.2, 0.25) is 0 Å². The third-order valence-electron chi connectivity index (χ3n) is 1.79. The van der Waals surface area contributed by atoms with Crippen molar-refractivity contribution in [1.82, 2.24) is 19.7 Å². The summed E-state index contributed by atoms with van der Waals surface area (Å²) in [5.74, 6) is 0.803. The van der Waals surface area contributed by atoms with Crippen LogP contribution in [0.1, 0.15) is 5.69 Å².